The number of rotatable bonds is 21. The summed E-state index contributed by atoms with van der Waals surface area (Å²) >= 11 is 0. The molecule has 2 fully saturated rings. The molecule has 0 N–H and O–H groups in total. The molecular weight excluding hydrogens is 456 g/mol. The predicted molar refractivity (Wildman–Crippen MR) is 173 cm³/mol. The molecule has 2 aliphatic carbocycles. The summed E-state index contributed by atoms with van der Waals surface area (Å²) in [5.41, 5.74) is 1.19. The summed E-state index contributed by atoms with van der Waals surface area (Å²) < 4.78 is 0. The van der Waals surface area contributed by atoms with Crippen LogP contribution >= 0.6 is 0 Å². The maximum absolute atomic E-state index is 2.51. The minimum absolute atomic E-state index is 0.496. The van der Waals surface area contributed by atoms with Crippen molar-refractivity contribution in [3.05, 3.63) is 0 Å². The molecule has 0 unspecified atom stereocenters. The van der Waals surface area contributed by atoms with Crippen molar-refractivity contribution >= 4 is 0 Å². The van der Waals surface area contributed by atoms with Gasteiger partial charge < -0.3 is 0 Å². The van der Waals surface area contributed by atoms with E-state index in [1.54, 1.807) is 44.9 Å². The molecule has 5 atom stereocenters. The standard InChI is InChI=1S/C38H74/c1-8-12-15-24-34-35(25-16-13-9-2)38(29-11-4,31-28-33-21-17-14-18-22-33)36(34)27-26-32(20-10-3)23-19-30-37(5,6)7/h32-36H,8-31H2,1-7H3/t32-,34+,35-,36+,38+/m1/s1. The van der Waals surface area contributed by atoms with Gasteiger partial charge >= 0.3 is 0 Å². The average molecular weight is 531 g/mol. The lowest BCUT2D eigenvalue weighted by molar-refractivity contribution is -0.153. The van der Waals surface area contributed by atoms with Crippen molar-refractivity contribution in [1.29, 1.82) is 0 Å². The molecule has 0 aliphatic heterocycles. The van der Waals surface area contributed by atoms with E-state index >= 15 is 0 Å². The molecule has 226 valence electrons. The van der Waals surface area contributed by atoms with E-state index in [0.29, 0.717) is 10.8 Å². The monoisotopic (exact) mass is 531 g/mol. The highest BCUT2D eigenvalue weighted by Gasteiger charge is 2.58. The number of unbranched alkanes of at least 4 members (excludes halogenated alkanes) is 4. The second-order valence-electron chi connectivity index (χ2n) is 15.6. The van der Waals surface area contributed by atoms with Gasteiger partial charge in [-0.25, -0.2) is 0 Å². The number of hydrogen-bond acceptors (Lipinski definition) is 0. The van der Waals surface area contributed by atoms with E-state index in [-0.39, 0.29) is 0 Å². The third-order valence-electron chi connectivity index (χ3n) is 11.4. The Hall–Kier alpha value is 0. The smallest absolute Gasteiger partial charge is 0.0235 e. The van der Waals surface area contributed by atoms with Gasteiger partial charge in [-0.3, -0.25) is 0 Å². The molecule has 0 radical (unpaired) electrons. The van der Waals surface area contributed by atoms with Crippen LogP contribution in [0.25, 0.3) is 0 Å². The van der Waals surface area contributed by atoms with Crippen LogP contribution in [0.1, 0.15) is 203 Å². The van der Waals surface area contributed by atoms with E-state index in [1.807, 2.05) is 0 Å². The molecule has 0 saturated heterocycles. The van der Waals surface area contributed by atoms with Crippen LogP contribution in [0.2, 0.25) is 0 Å². The fraction of sp³-hybridized carbons (Fsp3) is 1.00. The molecule has 2 rings (SSSR count). The molecule has 2 saturated carbocycles. The Bertz CT molecular complexity index is 563. The Kier molecular flexibility index (Phi) is 16.6. The normalized spacial score (nSPS) is 27.4. The second-order valence-corrected chi connectivity index (χ2v) is 15.6. The van der Waals surface area contributed by atoms with Crippen LogP contribution in [0, 0.1) is 40.4 Å². The van der Waals surface area contributed by atoms with Gasteiger partial charge in [0.15, 0.2) is 0 Å². The van der Waals surface area contributed by atoms with E-state index in [2.05, 4.69) is 48.5 Å². The van der Waals surface area contributed by atoms with Crippen molar-refractivity contribution < 1.29 is 0 Å². The summed E-state index contributed by atoms with van der Waals surface area (Å²) in [6.45, 7) is 17.0. The average Bonchev–Trinajstić information content (AvgIpc) is 2.88. The molecule has 0 bridgehead atoms. The van der Waals surface area contributed by atoms with Crippen LogP contribution in [-0.2, 0) is 0 Å². The summed E-state index contributed by atoms with van der Waals surface area (Å²) in [5, 5.41) is 0. The number of hydrogen-bond donors (Lipinski definition) is 0. The molecule has 38 heavy (non-hydrogen) atoms. The SMILES string of the molecule is CCCCC[C@H]1[C@@H](CCCCC)[C@](CCC)(CCC2CCCCC2)[C@H]1CC[C@H](CCC)CCCC(C)(C)C. The van der Waals surface area contributed by atoms with Crippen LogP contribution in [-0.4, -0.2) is 0 Å². The first kappa shape index (κ1) is 34.2. The highest BCUT2D eigenvalue weighted by Crippen LogP contribution is 2.66. The predicted octanol–water partition coefficient (Wildman–Crippen LogP) is 13.6. The summed E-state index contributed by atoms with van der Waals surface area (Å²) in [4.78, 5) is 0. The van der Waals surface area contributed by atoms with Crippen LogP contribution in [0.3, 0.4) is 0 Å². The zero-order valence-corrected chi connectivity index (χ0v) is 27.9. The topological polar surface area (TPSA) is 0 Å². The first-order chi connectivity index (χ1) is 18.3. The van der Waals surface area contributed by atoms with Gasteiger partial charge in [0.2, 0.25) is 0 Å². The molecule has 0 aromatic rings. The molecule has 0 amide bonds. The molecule has 0 aromatic heterocycles. The van der Waals surface area contributed by atoms with Crippen molar-refractivity contribution in [2.24, 2.45) is 40.4 Å². The third kappa shape index (κ3) is 11.1. The zero-order chi connectivity index (χ0) is 27.9. The first-order valence-corrected chi connectivity index (χ1v) is 18.3. The lowest BCUT2D eigenvalue weighted by Crippen LogP contribution is -2.57. The maximum Gasteiger partial charge on any atom is -0.0235 e. The lowest BCUT2D eigenvalue weighted by atomic mass is 9.41. The minimum atomic E-state index is 0.496. The van der Waals surface area contributed by atoms with Gasteiger partial charge in [-0.1, -0.05) is 158 Å². The molecule has 0 heterocycles. The van der Waals surface area contributed by atoms with E-state index in [0.717, 1.165) is 29.6 Å². The Balaban J connectivity index is 2.19. The minimum Gasteiger partial charge on any atom is -0.0654 e. The van der Waals surface area contributed by atoms with Gasteiger partial charge in [-0.2, -0.15) is 0 Å². The van der Waals surface area contributed by atoms with Crippen LogP contribution < -0.4 is 0 Å². The van der Waals surface area contributed by atoms with E-state index in [1.165, 1.54) is 109 Å². The summed E-state index contributed by atoms with van der Waals surface area (Å²) in [6.07, 6.45) is 35.8. The second kappa shape index (κ2) is 18.4. The molecule has 0 heteroatoms. The first-order valence-electron chi connectivity index (χ1n) is 18.3. The Morgan fingerprint density at radius 1 is 0.605 bits per heavy atom. The quantitative estimate of drug-likeness (QED) is 0.129. The van der Waals surface area contributed by atoms with E-state index < -0.39 is 0 Å². The van der Waals surface area contributed by atoms with E-state index in [4.69, 9.17) is 0 Å². The highest BCUT2D eigenvalue weighted by atomic mass is 14.6. The third-order valence-corrected chi connectivity index (χ3v) is 11.4. The van der Waals surface area contributed by atoms with Crippen LogP contribution in [0.4, 0.5) is 0 Å². The fourth-order valence-corrected chi connectivity index (χ4v) is 9.40. The summed E-state index contributed by atoms with van der Waals surface area (Å²) in [7, 11) is 0. The molecule has 2 aliphatic rings. The Morgan fingerprint density at radius 2 is 1.26 bits per heavy atom. The van der Waals surface area contributed by atoms with Gasteiger partial charge in [0.25, 0.3) is 0 Å². The van der Waals surface area contributed by atoms with Crippen LogP contribution in [0.5, 0.6) is 0 Å². The van der Waals surface area contributed by atoms with Gasteiger partial charge in [-0.05, 0) is 85.4 Å². The van der Waals surface area contributed by atoms with Crippen molar-refractivity contribution in [3.63, 3.8) is 0 Å². The Morgan fingerprint density at radius 3 is 1.87 bits per heavy atom. The van der Waals surface area contributed by atoms with Gasteiger partial charge in [0, 0.05) is 0 Å². The highest BCUT2D eigenvalue weighted by molar-refractivity contribution is 5.07. The summed E-state index contributed by atoms with van der Waals surface area (Å²) in [6, 6.07) is 0. The van der Waals surface area contributed by atoms with Gasteiger partial charge in [-0.15, -0.1) is 0 Å². The zero-order valence-electron chi connectivity index (χ0n) is 27.9. The van der Waals surface area contributed by atoms with Gasteiger partial charge in [0.05, 0.1) is 0 Å². The molecule has 0 nitrogen and oxygen atoms in total. The van der Waals surface area contributed by atoms with Crippen molar-refractivity contribution in [1.82, 2.24) is 0 Å². The molecule has 0 spiro atoms. The van der Waals surface area contributed by atoms with E-state index in [9.17, 15) is 0 Å². The molecular formula is C38H74. The summed E-state index contributed by atoms with van der Waals surface area (Å²) in [5.74, 6) is 5.17. The molecule has 0 aromatic carbocycles. The van der Waals surface area contributed by atoms with Gasteiger partial charge in [0.1, 0.15) is 0 Å². The van der Waals surface area contributed by atoms with Crippen molar-refractivity contribution in [2.75, 3.05) is 0 Å². The van der Waals surface area contributed by atoms with Crippen molar-refractivity contribution in [3.8, 4) is 0 Å². The largest absolute Gasteiger partial charge is 0.0654 e. The van der Waals surface area contributed by atoms with Crippen molar-refractivity contribution in [2.45, 2.75) is 203 Å². The lowest BCUT2D eigenvalue weighted by Gasteiger charge is -2.64. The Labute approximate surface area is 242 Å². The van der Waals surface area contributed by atoms with Crippen LogP contribution in [0.15, 0.2) is 0 Å². The fourth-order valence-electron chi connectivity index (χ4n) is 9.40. The maximum atomic E-state index is 2.51.